The molecule has 0 amide bonds. The van der Waals surface area contributed by atoms with Crippen molar-refractivity contribution in [2.45, 2.75) is 20.8 Å². The van der Waals surface area contributed by atoms with Crippen LogP contribution in [-0.2, 0) is 9.53 Å². The summed E-state index contributed by atoms with van der Waals surface area (Å²) >= 11 is 6.09. The van der Waals surface area contributed by atoms with Crippen molar-refractivity contribution in [3.8, 4) is 0 Å². The van der Waals surface area contributed by atoms with Crippen LogP contribution in [0.3, 0.4) is 0 Å². The third-order valence-electron chi connectivity index (χ3n) is 2.67. The third-order valence-corrected chi connectivity index (χ3v) is 2.98. The van der Waals surface area contributed by atoms with E-state index in [4.69, 9.17) is 16.3 Å². The van der Waals surface area contributed by atoms with Crippen molar-refractivity contribution < 1.29 is 9.53 Å². The number of halogens is 1. The van der Waals surface area contributed by atoms with E-state index < -0.39 is 5.41 Å². The molecule has 0 saturated heterocycles. The van der Waals surface area contributed by atoms with Crippen molar-refractivity contribution in [3.63, 3.8) is 0 Å². The molecule has 0 saturated carbocycles. The number of hydrogen-bond donors (Lipinski definition) is 1. The second-order valence-corrected chi connectivity index (χ2v) is 5.07. The van der Waals surface area contributed by atoms with Gasteiger partial charge in [0, 0.05) is 6.54 Å². The lowest BCUT2D eigenvalue weighted by atomic mass is 9.93. The molecule has 0 aliphatic heterocycles. The normalized spacial score (nSPS) is 11.1. The minimum atomic E-state index is -0.583. The number of nitrogens with one attached hydrogen (secondary N) is 1. The zero-order chi connectivity index (χ0) is 13.1. The molecule has 0 heterocycles. The Balaban J connectivity index is 2.77. The van der Waals surface area contributed by atoms with Crippen molar-refractivity contribution in [2.75, 3.05) is 19.0 Å². The maximum Gasteiger partial charge on any atom is 0.313 e. The highest BCUT2D eigenvalue weighted by Crippen LogP contribution is 2.27. The Morgan fingerprint density at radius 2 is 2.12 bits per heavy atom. The Hall–Kier alpha value is -1.22. The first-order valence-corrected chi connectivity index (χ1v) is 5.83. The van der Waals surface area contributed by atoms with Crippen LogP contribution in [0.5, 0.6) is 0 Å². The standard InChI is InChI=1S/C13H18ClNO2/c1-9-6-5-7-10(14)11(9)15-8-13(2,3)12(16)17-4/h5-7,15H,8H2,1-4H3. The van der Waals surface area contributed by atoms with E-state index in [0.29, 0.717) is 11.6 Å². The van der Waals surface area contributed by atoms with Gasteiger partial charge in [-0.05, 0) is 32.4 Å². The molecule has 17 heavy (non-hydrogen) atoms. The molecule has 1 rings (SSSR count). The summed E-state index contributed by atoms with van der Waals surface area (Å²) in [5, 5.41) is 3.86. The number of rotatable bonds is 4. The summed E-state index contributed by atoms with van der Waals surface area (Å²) in [4.78, 5) is 11.5. The topological polar surface area (TPSA) is 38.3 Å². The summed E-state index contributed by atoms with van der Waals surface area (Å²) in [6, 6.07) is 5.69. The molecule has 1 aromatic carbocycles. The molecule has 0 aliphatic rings. The summed E-state index contributed by atoms with van der Waals surface area (Å²) in [6.07, 6.45) is 0. The first-order chi connectivity index (χ1) is 7.88. The number of benzene rings is 1. The molecular weight excluding hydrogens is 238 g/mol. The predicted molar refractivity (Wildman–Crippen MR) is 70.5 cm³/mol. The van der Waals surface area contributed by atoms with Crippen LogP contribution in [-0.4, -0.2) is 19.6 Å². The molecule has 4 heteroatoms. The SMILES string of the molecule is COC(=O)C(C)(C)CNc1c(C)cccc1Cl. The van der Waals surface area contributed by atoms with Crippen LogP contribution in [0.1, 0.15) is 19.4 Å². The Morgan fingerprint density at radius 3 is 2.65 bits per heavy atom. The van der Waals surface area contributed by atoms with E-state index in [1.165, 1.54) is 7.11 Å². The highest BCUT2D eigenvalue weighted by molar-refractivity contribution is 6.33. The quantitative estimate of drug-likeness (QED) is 0.840. The van der Waals surface area contributed by atoms with E-state index in [2.05, 4.69) is 5.32 Å². The maximum atomic E-state index is 11.5. The molecule has 0 atom stereocenters. The van der Waals surface area contributed by atoms with Gasteiger partial charge in [0.25, 0.3) is 0 Å². The largest absolute Gasteiger partial charge is 0.469 e. The summed E-state index contributed by atoms with van der Waals surface area (Å²) in [6.45, 7) is 6.11. The lowest BCUT2D eigenvalue weighted by molar-refractivity contribution is -0.149. The molecule has 0 aromatic heterocycles. The van der Waals surface area contributed by atoms with E-state index in [1.54, 1.807) is 0 Å². The van der Waals surface area contributed by atoms with Crippen LogP contribution in [0.25, 0.3) is 0 Å². The van der Waals surface area contributed by atoms with Crippen LogP contribution in [0, 0.1) is 12.3 Å². The van der Waals surface area contributed by atoms with Gasteiger partial charge >= 0.3 is 5.97 Å². The zero-order valence-corrected chi connectivity index (χ0v) is 11.4. The van der Waals surface area contributed by atoms with Crippen LogP contribution in [0.2, 0.25) is 5.02 Å². The molecule has 0 aliphatic carbocycles. The van der Waals surface area contributed by atoms with Crippen molar-refractivity contribution in [1.82, 2.24) is 0 Å². The summed E-state index contributed by atoms with van der Waals surface area (Å²) < 4.78 is 4.75. The van der Waals surface area contributed by atoms with Gasteiger partial charge in [0.1, 0.15) is 0 Å². The lowest BCUT2D eigenvalue weighted by Crippen LogP contribution is -2.33. The molecule has 1 aromatic rings. The van der Waals surface area contributed by atoms with Gasteiger partial charge in [0.2, 0.25) is 0 Å². The Morgan fingerprint density at radius 1 is 1.47 bits per heavy atom. The van der Waals surface area contributed by atoms with E-state index in [9.17, 15) is 4.79 Å². The van der Waals surface area contributed by atoms with Crippen LogP contribution < -0.4 is 5.32 Å². The van der Waals surface area contributed by atoms with Gasteiger partial charge in [-0.2, -0.15) is 0 Å². The molecular formula is C13H18ClNO2. The maximum absolute atomic E-state index is 11.5. The number of anilines is 1. The number of carbonyl (C=O) groups is 1. The molecule has 0 unspecified atom stereocenters. The van der Waals surface area contributed by atoms with Gasteiger partial charge in [-0.1, -0.05) is 23.7 Å². The fourth-order valence-corrected chi connectivity index (χ4v) is 1.80. The molecule has 94 valence electrons. The number of methoxy groups -OCH3 is 1. The second-order valence-electron chi connectivity index (χ2n) is 4.66. The fraction of sp³-hybridized carbons (Fsp3) is 0.462. The Bertz CT molecular complexity index is 396. The van der Waals surface area contributed by atoms with Gasteiger partial charge in [0.15, 0.2) is 0 Å². The number of hydrogen-bond acceptors (Lipinski definition) is 3. The molecule has 0 bridgehead atoms. The molecule has 1 N–H and O–H groups in total. The average Bonchev–Trinajstić information content (AvgIpc) is 2.27. The van der Waals surface area contributed by atoms with Gasteiger partial charge in [-0.25, -0.2) is 0 Å². The number of esters is 1. The molecule has 0 radical (unpaired) electrons. The van der Waals surface area contributed by atoms with Gasteiger partial charge in [-0.3, -0.25) is 4.79 Å². The van der Waals surface area contributed by atoms with Gasteiger partial charge in [-0.15, -0.1) is 0 Å². The highest BCUT2D eigenvalue weighted by atomic mass is 35.5. The number of ether oxygens (including phenoxy) is 1. The fourth-order valence-electron chi connectivity index (χ4n) is 1.51. The minimum Gasteiger partial charge on any atom is -0.469 e. The van der Waals surface area contributed by atoms with E-state index in [1.807, 2.05) is 39.0 Å². The number of carbonyl (C=O) groups excluding carboxylic acids is 1. The van der Waals surface area contributed by atoms with Crippen LogP contribution in [0.15, 0.2) is 18.2 Å². The van der Waals surface area contributed by atoms with Gasteiger partial charge in [0.05, 0.1) is 23.2 Å². The van der Waals surface area contributed by atoms with E-state index in [0.717, 1.165) is 11.3 Å². The zero-order valence-electron chi connectivity index (χ0n) is 10.6. The number of aryl methyl sites for hydroxylation is 1. The number of para-hydroxylation sites is 1. The Kier molecular flexibility index (Phi) is 4.40. The van der Waals surface area contributed by atoms with Crippen molar-refractivity contribution in [3.05, 3.63) is 28.8 Å². The van der Waals surface area contributed by atoms with Crippen molar-refractivity contribution in [2.24, 2.45) is 5.41 Å². The first-order valence-electron chi connectivity index (χ1n) is 5.46. The van der Waals surface area contributed by atoms with E-state index in [-0.39, 0.29) is 5.97 Å². The van der Waals surface area contributed by atoms with Crippen molar-refractivity contribution in [1.29, 1.82) is 0 Å². The third kappa shape index (κ3) is 3.37. The van der Waals surface area contributed by atoms with Crippen molar-refractivity contribution >= 4 is 23.3 Å². The van der Waals surface area contributed by atoms with Crippen LogP contribution >= 0.6 is 11.6 Å². The molecule has 3 nitrogen and oxygen atoms in total. The van der Waals surface area contributed by atoms with Gasteiger partial charge < -0.3 is 10.1 Å². The molecule has 0 spiro atoms. The first kappa shape index (κ1) is 13.8. The summed E-state index contributed by atoms with van der Waals surface area (Å²) in [5.41, 5.74) is 1.34. The predicted octanol–water partition coefficient (Wildman–Crippen LogP) is 3.26. The lowest BCUT2D eigenvalue weighted by Gasteiger charge is -2.23. The highest BCUT2D eigenvalue weighted by Gasteiger charge is 2.28. The molecule has 0 fully saturated rings. The smallest absolute Gasteiger partial charge is 0.313 e. The monoisotopic (exact) mass is 255 g/mol. The summed E-state index contributed by atoms with van der Waals surface area (Å²) in [7, 11) is 1.39. The average molecular weight is 256 g/mol. The minimum absolute atomic E-state index is 0.241. The Labute approximate surface area is 107 Å². The van der Waals surface area contributed by atoms with E-state index >= 15 is 0 Å². The summed E-state index contributed by atoms with van der Waals surface area (Å²) in [5.74, 6) is -0.241. The second kappa shape index (κ2) is 5.41. The van der Waals surface area contributed by atoms with Crippen LogP contribution in [0.4, 0.5) is 5.69 Å².